The van der Waals surface area contributed by atoms with Gasteiger partial charge < -0.3 is 9.47 Å². The molecule has 92 valence electrons. The Bertz CT molecular complexity index is 283. The first-order chi connectivity index (χ1) is 7.38. The van der Waals surface area contributed by atoms with Gasteiger partial charge in [-0.25, -0.2) is 0 Å². The minimum absolute atomic E-state index is 0.0150. The Morgan fingerprint density at radius 3 is 1.81 bits per heavy atom. The van der Waals surface area contributed by atoms with Gasteiger partial charge in [0.05, 0.1) is 34.1 Å². The third kappa shape index (κ3) is 2.61. The van der Waals surface area contributed by atoms with Gasteiger partial charge in [0.15, 0.2) is 0 Å². The molecule has 0 saturated heterocycles. The van der Waals surface area contributed by atoms with Crippen LogP contribution in [0.4, 0.5) is 0 Å². The molecule has 1 aliphatic rings. The first kappa shape index (κ1) is 14.4. The highest BCUT2D eigenvalue weighted by molar-refractivity contribution is 9.24. The number of hydrogen-bond acceptors (Lipinski definition) is 4. The third-order valence-corrected chi connectivity index (χ3v) is 4.59. The molecule has 0 amide bonds. The van der Waals surface area contributed by atoms with Crippen LogP contribution in [0.1, 0.15) is 6.42 Å². The van der Waals surface area contributed by atoms with Gasteiger partial charge in [0.1, 0.15) is 0 Å². The van der Waals surface area contributed by atoms with E-state index in [0.29, 0.717) is 6.42 Å². The van der Waals surface area contributed by atoms with E-state index in [1.165, 1.54) is 14.2 Å². The molecule has 0 aliphatic heterocycles. The maximum absolute atomic E-state index is 11.5. The van der Waals surface area contributed by atoms with Crippen LogP contribution in [0, 0.1) is 11.8 Å². The number of esters is 2. The first-order valence-corrected chi connectivity index (χ1v) is 7.13. The lowest BCUT2D eigenvalue weighted by Gasteiger charge is -2.09. The second-order valence-electron chi connectivity index (χ2n) is 3.52. The molecular weight excluding hydrogens is 412 g/mol. The average Bonchev–Trinajstić information content (AvgIpc) is 2.80. The molecule has 0 bridgehead atoms. The molecule has 7 heteroatoms. The van der Waals surface area contributed by atoms with Crippen LogP contribution in [0.3, 0.4) is 0 Å². The minimum Gasteiger partial charge on any atom is -0.469 e. The summed E-state index contributed by atoms with van der Waals surface area (Å²) in [4.78, 5) is 23.0. The summed E-state index contributed by atoms with van der Waals surface area (Å²) in [6.45, 7) is 0. The fourth-order valence-corrected chi connectivity index (χ4v) is 4.85. The van der Waals surface area contributed by atoms with Crippen molar-refractivity contribution in [3.8, 4) is 0 Å². The standard InChI is InChI=1S/C9H11Br3O4/c1-15-7(13)5-6(8(14)16-2)9(5,12)3-4(10)11/h4-6H,3H2,1-2H3/t5-,6-/m0/s1. The summed E-state index contributed by atoms with van der Waals surface area (Å²) in [6, 6.07) is 0. The molecule has 0 spiro atoms. The largest absolute Gasteiger partial charge is 0.469 e. The molecule has 0 aromatic carbocycles. The Morgan fingerprint density at radius 1 is 1.19 bits per heavy atom. The second kappa shape index (κ2) is 5.35. The van der Waals surface area contributed by atoms with Gasteiger partial charge in [-0.1, -0.05) is 47.8 Å². The van der Waals surface area contributed by atoms with Gasteiger partial charge in [0.25, 0.3) is 0 Å². The van der Waals surface area contributed by atoms with E-state index in [2.05, 4.69) is 57.3 Å². The van der Waals surface area contributed by atoms with Crippen LogP contribution in [0.2, 0.25) is 0 Å². The molecule has 16 heavy (non-hydrogen) atoms. The van der Waals surface area contributed by atoms with Crippen molar-refractivity contribution in [2.45, 2.75) is 14.5 Å². The minimum atomic E-state index is -0.579. The maximum atomic E-state index is 11.5. The summed E-state index contributed by atoms with van der Waals surface area (Å²) in [7, 11) is 2.62. The number of hydrogen-bond donors (Lipinski definition) is 0. The molecule has 4 nitrogen and oxygen atoms in total. The quantitative estimate of drug-likeness (QED) is 0.515. The van der Waals surface area contributed by atoms with E-state index in [4.69, 9.17) is 0 Å². The summed E-state index contributed by atoms with van der Waals surface area (Å²) in [5.41, 5.74) is 0. The van der Waals surface area contributed by atoms with Crippen LogP contribution >= 0.6 is 47.8 Å². The van der Waals surface area contributed by atoms with Crippen molar-refractivity contribution < 1.29 is 19.1 Å². The molecule has 0 unspecified atom stereocenters. The van der Waals surface area contributed by atoms with Gasteiger partial charge >= 0.3 is 11.9 Å². The number of alkyl halides is 3. The zero-order valence-electron chi connectivity index (χ0n) is 8.71. The van der Waals surface area contributed by atoms with Crippen molar-refractivity contribution in [3.63, 3.8) is 0 Å². The molecule has 2 atom stereocenters. The van der Waals surface area contributed by atoms with E-state index < -0.39 is 28.1 Å². The van der Waals surface area contributed by atoms with E-state index in [0.717, 1.165) is 0 Å². The van der Waals surface area contributed by atoms with Gasteiger partial charge in [-0.05, 0) is 6.42 Å². The number of carbonyl (C=O) groups is 2. The van der Waals surface area contributed by atoms with Crippen molar-refractivity contribution in [2.24, 2.45) is 11.8 Å². The Labute approximate surface area is 119 Å². The van der Waals surface area contributed by atoms with E-state index in [1.54, 1.807) is 0 Å². The normalized spacial score (nSPS) is 32.4. The first-order valence-electron chi connectivity index (χ1n) is 4.51. The summed E-state index contributed by atoms with van der Waals surface area (Å²) in [6.07, 6.45) is 0.576. The number of rotatable bonds is 4. The molecule has 0 radical (unpaired) electrons. The van der Waals surface area contributed by atoms with Crippen LogP contribution < -0.4 is 0 Å². The summed E-state index contributed by atoms with van der Waals surface area (Å²) in [5.74, 6) is -1.76. The summed E-state index contributed by atoms with van der Waals surface area (Å²) < 4.78 is 8.77. The van der Waals surface area contributed by atoms with E-state index in [9.17, 15) is 9.59 Å². The van der Waals surface area contributed by atoms with E-state index in [-0.39, 0.29) is 3.74 Å². The van der Waals surface area contributed by atoms with E-state index in [1.807, 2.05) is 0 Å². The van der Waals surface area contributed by atoms with Crippen LogP contribution in [-0.2, 0) is 19.1 Å². The van der Waals surface area contributed by atoms with Crippen LogP contribution in [0.5, 0.6) is 0 Å². The van der Waals surface area contributed by atoms with Crippen LogP contribution in [0.15, 0.2) is 0 Å². The average molecular weight is 423 g/mol. The highest BCUT2D eigenvalue weighted by atomic mass is 79.9. The SMILES string of the molecule is COC(=O)[C@@H]1[C@@H](C(=O)OC)C1(Br)CC(Br)Br. The maximum Gasteiger partial charge on any atom is 0.311 e. The van der Waals surface area contributed by atoms with Crippen molar-refractivity contribution in [2.75, 3.05) is 14.2 Å². The van der Waals surface area contributed by atoms with E-state index >= 15 is 0 Å². The molecule has 0 N–H and O–H groups in total. The Morgan fingerprint density at radius 2 is 1.56 bits per heavy atom. The number of carbonyl (C=O) groups excluding carboxylic acids is 2. The molecular formula is C9H11Br3O4. The van der Waals surface area contributed by atoms with Crippen molar-refractivity contribution in [3.05, 3.63) is 0 Å². The molecule has 0 heterocycles. The van der Waals surface area contributed by atoms with Crippen molar-refractivity contribution in [1.82, 2.24) is 0 Å². The molecule has 1 fully saturated rings. The van der Waals surface area contributed by atoms with Crippen molar-refractivity contribution in [1.29, 1.82) is 0 Å². The molecule has 0 aromatic rings. The lowest BCUT2D eigenvalue weighted by molar-refractivity contribution is -0.148. The molecule has 1 rings (SSSR count). The molecule has 0 aromatic heterocycles. The predicted molar refractivity (Wildman–Crippen MR) is 68.9 cm³/mol. The van der Waals surface area contributed by atoms with Gasteiger partial charge in [-0.3, -0.25) is 9.59 Å². The zero-order chi connectivity index (χ0) is 12.5. The lowest BCUT2D eigenvalue weighted by atomic mass is 10.2. The number of halogens is 3. The Hall–Kier alpha value is 0.380. The molecule has 1 saturated carbocycles. The number of methoxy groups -OCH3 is 2. The fourth-order valence-electron chi connectivity index (χ4n) is 1.82. The van der Waals surface area contributed by atoms with Gasteiger partial charge in [-0.15, -0.1) is 0 Å². The van der Waals surface area contributed by atoms with Gasteiger partial charge in [-0.2, -0.15) is 0 Å². The van der Waals surface area contributed by atoms with Gasteiger partial charge in [0.2, 0.25) is 0 Å². The highest BCUT2D eigenvalue weighted by Gasteiger charge is 2.71. The predicted octanol–water partition coefficient (Wildman–Crippen LogP) is 2.22. The summed E-state index contributed by atoms with van der Waals surface area (Å²) >= 11 is 10.1. The topological polar surface area (TPSA) is 52.6 Å². The van der Waals surface area contributed by atoms with Gasteiger partial charge in [0, 0.05) is 0 Å². The Kier molecular flexibility index (Phi) is 4.83. The number of ether oxygens (including phenoxy) is 2. The fraction of sp³-hybridized carbons (Fsp3) is 0.778. The highest BCUT2D eigenvalue weighted by Crippen LogP contribution is 2.61. The molecule has 1 aliphatic carbocycles. The zero-order valence-corrected chi connectivity index (χ0v) is 13.5. The second-order valence-corrected chi connectivity index (χ2v) is 8.44. The third-order valence-electron chi connectivity index (χ3n) is 2.64. The smallest absolute Gasteiger partial charge is 0.311 e. The van der Waals surface area contributed by atoms with Crippen molar-refractivity contribution >= 4 is 59.7 Å². The monoisotopic (exact) mass is 420 g/mol. The Balaban J connectivity index is 2.83. The summed E-state index contributed by atoms with van der Waals surface area (Å²) in [5, 5.41) is 0. The lowest BCUT2D eigenvalue weighted by Crippen LogP contribution is -2.14. The van der Waals surface area contributed by atoms with Crippen LogP contribution in [0.25, 0.3) is 0 Å². The van der Waals surface area contributed by atoms with Crippen LogP contribution in [-0.4, -0.2) is 34.2 Å².